The van der Waals surface area contributed by atoms with Crippen LogP contribution in [0.15, 0.2) is 0 Å². The SMILES string of the molecule is CC(C)CC(C)OP(C)(=S)OC(C)C. The molecule has 0 aromatic rings. The largest absolute Gasteiger partial charge is 0.327 e. The van der Waals surface area contributed by atoms with E-state index in [0.29, 0.717) is 5.92 Å². The van der Waals surface area contributed by atoms with Crippen molar-refractivity contribution in [2.24, 2.45) is 5.92 Å². The molecular formula is C10H23O2PS. The molecule has 0 rings (SSSR count). The van der Waals surface area contributed by atoms with Crippen molar-refractivity contribution in [3.63, 3.8) is 0 Å². The number of hydrogen-bond acceptors (Lipinski definition) is 3. The molecule has 0 bridgehead atoms. The standard InChI is InChI=1S/C10H23O2PS/c1-8(2)7-10(5)12-13(6,14)11-9(3)4/h8-10H,7H2,1-6H3. The lowest BCUT2D eigenvalue weighted by molar-refractivity contribution is 0.154. The third-order valence-electron chi connectivity index (χ3n) is 1.58. The highest BCUT2D eigenvalue weighted by atomic mass is 32.5. The van der Waals surface area contributed by atoms with E-state index in [4.69, 9.17) is 20.9 Å². The molecule has 2 nitrogen and oxygen atoms in total. The van der Waals surface area contributed by atoms with Crippen LogP contribution in [0.5, 0.6) is 0 Å². The maximum atomic E-state index is 5.76. The van der Waals surface area contributed by atoms with Crippen molar-refractivity contribution >= 4 is 18.3 Å². The molecular weight excluding hydrogens is 215 g/mol. The lowest BCUT2D eigenvalue weighted by atomic mass is 10.1. The second kappa shape index (κ2) is 6.22. The normalized spacial score (nSPS) is 18.6. The van der Waals surface area contributed by atoms with Crippen LogP contribution in [0, 0.1) is 5.92 Å². The molecule has 0 aliphatic carbocycles. The second-order valence-electron chi connectivity index (χ2n) is 4.47. The summed E-state index contributed by atoms with van der Waals surface area (Å²) < 4.78 is 11.4. The van der Waals surface area contributed by atoms with Gasteiger partial charge in [0.05, 0.1) is 12.2 Å². The van der Waals surface area contributed by atoms with Gasteiger partial charge in [-0.1, -0.05) is 13.8 Å². The van der Waals surface area contributed by atoms with Gasteiger partial charge < -0.3 is 9.05 Å². The Balaban J connectivity index is 4.02. The molecule has 0 radical (unpaired) electrons. The summed E-state index contributed by atoms with van der Waals surface area (Å²) in [5.74, 6) is 0.638. The molecule has 2 unspecified atom stereocenters. The summed E-state index contributed by atoms with van der Waals surface area (Å²) in [6.45, 7) is 10.3. The van der Waals surface area contributed by atoms with Gasteiger partial charge in [-0.05, 0) is 44.9 Å². The minimum atomic E-state index is -2.03. The molecule has 2 atom stereocenters. The quantitative estimate of drug-likeness (QED) is 0.656. The molecule has 0 aliphatic heterocycles. The van der Waals surface area contributed by atoms with E-state index in [2.05, 4.69) is 20.8 Å². The zero-order valence-corrected chi connectivity index (χ0v) is 11.8. The average molecular weight is 238 g/mol. The highest BCUT2D eigenvalue weighted by Crippen LogP contribution is 2.47. The molecule has 0 N–H and O–H groups in total. The fourth-order valence-corrected chi connectivity index (χ4v) is 3.95. The van der Waals surface area contributed by atoms with E-state index < -0.39 is 6.49 Å². The fourth-order valence-electron chi connectivity index (χ4n) is 1.44. The van der Waals surface area contributed by atoms with Crippen molar-refractivity contribution in [3.8, 4) is 0 Å². The van der Waals surface area contributed by atoms with Crippen molar-refractivity contribution in [1.82, 2.24) is 0 Å². The fraction of sp³-hybridized carbons (Fsp3) is 1.00. The van der Waals surface area contributed by atoms with Gasteiger partial charge in [-0.25, -0.2) is 0 Å². The molecule has 0 aromatic heterocycles. The van der Waals surface area contributed by atoms with Gasteiger partial charge >= 0.3 is 0 Å². The summed E-state index contributed by atoms with van der Waals surface area (Å²) in [5, 5.41) is 0. The van der Waals surface area contributed by atoms with Crippen molar-refractivity contribution in [2.45, 2.75) is 53.2 Å². The molecule has 14 heavy (non-hydrogen) atoms. The number of rotatable bonds is 6. The molecule has 0 fully saturated rings. The van der Waals surface area contributed by atoms with Crippen LogP contribution in [0.4, 0.5) is 0 Å². The molecule has 86 valence electrons. The zero-order chi connectivity index (χ0) is 11.4. The van der Waals surface area contributed by atoms with Crippen LogP contribution in [0.2, 0.25) is 0 Å². The van der Waals surface area contributed by atoms with Crippen molar-refractivity contribution in [3.05, 3.63) is 0 Å². The van der Waals surface area contributed by atoms with Gasteiger partial charge in [-0.3, -0.25) is 0 Å². The first-order valence-electron chi connectivity index (χ1n) is 5.17. The zero-order valence-electron chi connectivity index (χ0n) is 10.1. The van der Waals surface area contributed by atoms with Crippen LogP contribution in [0.25, 0.3) is 0 Å². The topological polar surface area (TPSA) is 18.5 Å². The van der Waals surface area contributed by atoms with E-state index in [-0.39, 0.29) is 12.2 Å². The maximum absolute atomic E-state index is 5.76. The van der Waals surface area contributed by atoms with Crippen LogP contribution >= 0.6 is 6.49 Å². The molecule has 0 heterocycles. The monoisotopic (exact) mass is 238 g/mol. The van der Waals surface area contributed by atoms with Crippen LogP contribution in [-0.2, 0) is 20.9 Å². The minimum Gasteiger partial charge on any atom is -0.327 e. The lowest BCUT2D eigenvalue weighted by Crippen LogP contribution is -2.12. The van der Waals surface area contributed by atoms with Gasteiger partial charge in [0.2, 0.25) is 0 Å². The Morgan fingerprint density at radius 1 is 1.07 bits per heavy atom. The van der Waals surface area contributed by atoms with Gasteiger partial charge in [0.25, 0.3) is 0 Å². The van der Waals surface area contributed by atoms with E-state index in [1.807, 2.05) is 20.5 Å². The van der Waals surface area contributed by atoms with Crippen LogP contribution in [0.3, 0.4) is 0 Å². The van der Waals surface area contributed by atoms with E-state index in [1.54, 1.807) is 0 Å². The third-order valence-corrected chi connectivity index (χ3v) is 3.64. The Morgan fingerprint density at radius 2 is 1.57 bits per heavy atom. The Hall–Kier alpha value is 0.570. The Labute approximate surface area is 93.5 Å². The summed E-state index contributed by atoms with van der Waals surface area (Å²) in [6.07, 6.45) is 1.38. The first kappa shape index (κ1) is 14.6. The van der Waals surface area contributed by atoms with Crippen molar-refractivity contribution < 1.29 is 9.05 Å². The predicted molar refractivity (Wildman–Crippen MR) is 66.4 cm³/mol. The highest BCUT2D eigenvalue weighted by molar-refractivity contribution is 8.09. The van der Waals surface area contributed by atoms with E-state index in [0.717, 1.165) is 6.42 Å². The smallest absolute Gasteiger partial charge is 0.186 e. The molecule has 0 aliphatic rings. The van der Waals surface area contributed by atoms with Crippen molar-refractivity contribution in [1.29, 1.82) is 0 Å². The van der Waals surface area contributed by atoms with E-state index in [9.17, 15) is 0 Å². The molecule has 4 heteroatoms. The minimum absolute atomic E-state index is 0.150. The Kier molecular flexibility index (Phi) is 6.47. The van der Waals surface area contributed by atoms with Crippen LogP contribution in [0.1, 0.15) is 41.0 Å². The van der Waals surface area contributed by atoms with Gasteiger partial charge in [-0.15, -0.1) is 0 Å². The number of hydrogen-bond donors (Lipinski definition) is 0. The summed E-state index contributed by atoms with van der Waals surface area (Å²) in [5.41, 5.74) is 0. The Morgan fingerprint density at radius 3 is 1.93 bits per heavy atom. The van der Waals surface area contributed by atoms with Crippen LogP contribution < -0.4 is 0 Å². The van der Waals surface area contributed by atoms with Gasteiger partial charge in [0, 0.05) is 6.66 Å². The van der Waals surface area contributed by atoms with Crippen LogP contribution in [-0.4, -0.2) is 18.9 Å². The molecule has 0 saturated heterocycles. The summed E-state index contributed by atoms with van der Waals surface area (Å²) in [7, 11) is 0. The predicted octanol–water partition coefficient (Wildman–Crippen LogP) is 3.80. The van der Waals surface area contributed by atoms with Crippen molar-refractivity contribution in [2.75, 3.05) is 6.66 Å². The Bertz CT molecular complexity index is 204. The van der Waals surface area contributed by atoms with E-state index in [1.165, 1.54) is 0 Å². The van der Waals surface area contributed by atoms with Gasteiger partial charge in [0.15, 0.2) is 6.49 Å². The van der Waals surface area contributed by atoms with Gasteiger partial charge in [0.1, 0.15) is 0 Å². The molecule has 0 spiro atoms. The first-order chi connectivity index (χ1) is 6.23. The highest BCUT2D eigenvalue weighted by Gasteiger charge is 2.18. The lowest BCUT2D eigenvalue weighted by Gasteiger charge is -2.25. The average Bonchev–Trinajstić information content (AvgIpc) is 1.77. The molecule has 0 aromatic carbocycles. The summed E-state index contributed by atoms with van der Waals surface area (Å²) in [4.78, 5) is 0. The third kappa shape index (κ3) is 7.93. The second-order valence-corrected chi connectivity index (χ2v) is 8.43. The molecule has 0 amide bonds. The first-order valence-corrected chi connectivity index (χ1v) is 8.25. The van der Waals surface area contributed by atoms with Gasteiger partial charge in [-0.2, -0.15) is 0 Å². The molecule has 0 saturated carbocycles. The summed E-state index contributed by atoms with van der Waals surface area (Å²) in [6, 6.07) is 0. The summed E-state index contributed by atoms with van der Waals surface area (Å²) >= 11 is 5.32. The maximum Gasteiger partial charge on any atom is 0.186 e. The van der Waals surface area contributed by atoms with E-state index >= 15 is 0 Å².